The highest BCUT2D eigenvalue weighted by molar-refractivity contribution is 7.95. The third kappa shape index (κ3) is 4.97. The lowest BCUT2D eigenvalue weighted by atomic mass is 9.84. The number of sulfone groups is 1. The summed E-state index contributed by atoms with van der Waals surface area (Å²) in [4.78, 5) is 4.88. The lowest BCUT2D eigenvalue weighted by molar-refractivity contribution is 0.312. The molecular weight excluding hydrogens is 515 g/mol. The summed E-state index contributed by atoms with van der Waals surface area (Å²) in [6.45, 7) is 6.04. The molecule has 1 aromatic heterocycles. The molecule has 1 aliphatic heterocycles. The Labute approximate surface area is 217 Å². The van der Waals surface area contributed by atoms with E-state index >= 15 is 0 Å². The number of hydrogen-bond donors (Lipinski definition) is 1. The van der Waals surface area contributed by atoms with Gasteiger partial charge in [-0.15, -0.1) is 11.3 Å². The molecule has 36 heavy (non-hydrogen) atoms. The van der Waals surface area contributed by atoms with Gasteiger partial charge in [0.05, 0.1) is 4.90 Å². The molecule has 192 valence electrons. The van der Waals surface area contributed by atoms with E-state index < -0.39 is 19.9 Å². The summed E-state index contributed by atoms with van der Waals surface area (Å²) in [7, 11) is -5.48. The van der Waals surface area contributed by atoms with E-state index in [9.17, 15) is 16.8 Å². The van der Waals surface area contributed by atoms with E-state index in [1.165, 1.54) is 46.6 Å². The number of fused-ring (bicyclic) bond motifs is 1. The van der Waals surface area contributed by atoms with E-state index in [-0.39, 0.29) is 19.4 Å². The number of likely N-dealkylation sites (N-methyl/N-ethyl adjacent to an activating group) is 1. The van der Waals surface area contributed by atoms with Gasteiger partial charge in [-0.05, 0) is 80.3 Å². The molecule has 5 rings (SSSR count). The zero-order valence-corrected chi connectivity index (χ0v) is 22.9. The molecule has 0 bridgehead atoms. The van der Waals surface area contributed by atoms with Crippen molar-refractivity contribution in [1.29, 1.82) is 0 Å². The van der Waals surface area contributed by atoms with Gasteiger partial charge < -0.3 is 9.80 Å². The largest absolute Gasteiger partial charge is 0.369 e. The van der Waals surface area contributed by atoms with Crippen LogP contribution in [0.4, 0.5) is 5.69 Å². The molecule has 3 aromatic rings. The SMILES string of the molecule is Cc1ccc(N2CCN(C)CC2)c2c1CC[C@@H](NS(=O)(=O)c1ccc(S(=O)(=O)c3ccccc3)s1)C2. The molecule has 0 radical (unpaired) electrons. The number of nitrogens with zero attached hydrogens (tertiary/aromatic N) is 2. The topological polar surface area (TPSA) is 86.8 Å². The molecule has 0 spiro atoms. The van der Waals surface area contributed by atoms with Crippen LogP contribution in [0.3, 0.4) is 0 Å². The predicted molar refractivity (Wildman–Crippen MR) is 143 cm³/mol. The third-order valence-electron chi connectivity index (χ3n) is 7.14. The second-order valence-electron chi connectivity index (χ2n) is 9.60. The Morgan fingerprint density at radius 2 is 1.56 bits per heavy atom. The molecule has 7 nitrogen and oxygen atoms in total. The van der Waals surface area contributed by atoms with Crippen molar-refractivity contribution in [3.05, 3.63) is 71.3 Å². The Morgan fingerprint density at radius 3 is 2.28 bits per heavy atom. The summed E-state index contributed by atoms with van der Waals surface area (Å²) in [6, 6.07) is 15.0. The summed E-state index contributed by atoms with van der Waals surface area (Å²) < 4.78 is 55.3. The van der Waals surface area contributed by atoms with Crippen molar-refractivity contribution in [2.45, 2.75) is 45.5 Å². The molecule has 1 N–H and O–H groups in total. The van der Waals surface area contributed by atoms with Crippen molar-refractivity contribution in [2.75, 3.05) is 38.1 Å². The van der Waals surface area contributed by atoms with E-state index in [0.29, 0.717) is 12.8 Å². The van der Waals surface area contributed by atoms with Crippen molar-refractivity contribution >= 4 is 36.9 Å². The second-order valence-corrected chi connectivity index (χ2v) is 14.8. The molecule has 0 unspecified atom stereocenters. The molecule has 2 aromatic carbocycles. The monoisotopic (exact) mass is 545 g/mol. The first-order chi connectivity index (χ1) is 17.1. The molecule has 1 aliphatic carbocycles. The lowest BCUT2D eigenvalue weighted by Crippen LogP contribution is -2.45. The standard InChI is InChI=1S/C26H31N3O4S3/c1-19-8-11-24(29-16-14-28(2)15-17-29)23-18-20(9-10-22(19)23)27-36(32,33)26-13-12-25(34-26)35(30,31)21-6-4-3-5-7-21/h3-8,11-13,20,27H,9-10,14-18H2,1-2H3/t20-/m1/s1. The number of benzene rings is 2. The van der Waals surface area contributed by atoms with Gasteiger partial charge in [0.15, 0.2) is 0 Å². The number of piperazine rings is 1. The minimum Gasteiger partial charge on any atom is -0.369 e. The van der Waals surface area contributed by atoms with Crippen LogP contribution in [0.25, 0.3) is 0 Å². The fraction of sp³-hybridized carbons (Fsp3) is 0.385. The summed E-state index contributed by atoms with van der Waals surface area (Å²) >= 11 is 0.793. The van der Waals surface area contributed by atoms with Crippen LogP contribution in [-0.4, -0.2) is 61.0 Å². The maximum atomic E-state index is 13.3. The van der Waals surface area contributed by atoms with Crippen LogP contribution >= 0.6 is 11.3 Å². The van der Waals surface area contributed by atoms with Gasteiger partial charge in [0.1, 0.15) is 8.42 Å². The van der Waals surface area contributed by atoms with Gasteiger partial charge in [0.25, 0.3) is 0 Å². The molecule has 1 atom stereocenters. The molecule has 0 saturated carbocycles. The van der Waals surface area contributed by atoms with Gasteiger partial charge in [-0.3, -0.25) is 0 Å². The van der Waals surface area contributed by atoms with Crippen molar-refractivity contribution in [1.82, 2.24) is 9.62 Å². The summed E-state index contributed by atoms with van der Waals surface area (Å²) in [5.41, 5.74) is 5.02. The quantitative estimate of drug-likeness (QED) is 0.511. The van der Waals surface area contributed by atoms with Crippen LogP contribution in [0, 0.1) is 6.92 Å². The first kappa shape index (κ1) is 25.4. The number of nitrogens with one attached hydrogen (secondary N) is 1. The summed E-state index contributed by atoms with van der Waals surface area (Å²) in [6.07, 6.45) is 2.15. The number of anilines is 1. The molecule has 1 fully saturated rings. The van der Waals surface area contributed by atoms with Crippen LogP contribution < -0.4 is 9.62 Å². The van der Waals surface area contributed by atoms with E-state index in [2.05, 4.69) is 40.6 Å². The van der Waals surface area contributed by atoms with Gasteiger partial charge in [-0.1, -0.05) is 24.3 Å². The number of rotatable bonds is 6. The Kier molecular flexibility index (Phi) is 6.99. The smallest absolute Gasteiger partial charge is 0.250 e. The van der Waals surface area contributed by atoms with E-state index in [0.717, 1.165) is 43.9 Å². The number of aryl methyl sites for hydroxylation is 1. The Morgan fingerprint density at radius 1 is 0.861 bits per heavy atom. The molecule has 2 heterocycles. The second kappa shape index (κ2) is 9.90. The fourth-order valence-corrected chi connectivity index (χ4v) is 9.55. The van der Waals surface area contributed by atoms with Gasteiger partial charge in [-0.2, -0.15) is 0 Å². The van der Waals surface area contributed by atoms with Gasteiger partial charge in [-0.25, -0.2) is 21.6 Å². The summed E-state index contributed by atoms with van der Waals surface area (Å²) in [5, 5.41) is 0. The molecule has 1 saturated heterocycles. The van der Waals surface area contributed by atoms with Gasteiger partial charge >= 0.3 is 0 Å². The molecular formula is C26H31N3O4S3. The molecule has 0 amide bonds. The maximum Gasteiger partial charge on any atom is 0.250 e. The summed E-state index contributed by atoms with van der Waals surface area (Å²) in [5.74, 6) is 0. The highest BCUT2D eigenvalue weighted by Crippen LogP contribution is 2.35. The van der Waals surface area contributed by atoms with Crippen molar-refractivity contribution < 1.29 is 16.8 Å². The van der Waals surface area contributed by atoms with Crippen LogP contribution in [0.1, 0.15) is 23.1 Å². The fourth-order valence-electron chi connectivity index (χ4n) is 5.07. The number of sulfonamides is 1. The van der Waals surface area contributed by atoms with Gasteiger partial charge in [0.2, 0.25) is 19.9 Å². The van der Waals surface area contributed by atoms with Crippen LogP contribution in [0.5, 0.6) is 0 Å². The van der Waals surface area contributed by atoms with E-state index in [4.69, 9.17) is 0 Å². The Bertz CT molecular complexity index is 1460. The first-order valence-corrected chi connectivity index (χ1v) is 15.9. The average Bonchev–Trinajstić information content (AvgIpc) is 3.38. The minimum absolute atomic E-state index is 0.0198. The predicted octanol–water partition coefficient (Wildman–Crippen LogP) is 3.48. The van der Waals surface area contributed by atoms with Crippen molar-refractivity contribution in [3.63, 3.8) is 0 Å². The van der Waals surface area contributed by atoms with Crippen LogP contribution in [0.2, 0.25) is 0 Å². The van der Waals surface area contributed by atoms with Crippen LogP contribution in [-0.2, 0) is 32.7 Å². The molecule has 10 heteroatoms. The Balaban J connectivity index is 1.36. The van der Waals surface area contributed by atoms with Gasteiger partial charge in [0, 0.05) is 37.9 Å². The third-order valence-corrected chi connectivity index (χ3v) is 12.5. The van der Waals surface area contributed by atoms with Crippen LogP contribution in [0.15, 0.2) is 67.9 Å². The first-order valence-electron chi connectivity index (χ1n) is 12.1. The average molecular weight is 546 g/mol. The van der Waals surface area contributed by atoms with Crippen molar-refractivity contribution in [3.8, 4) is 0 Å². The van der Waals surface area contributed by atoms with E-state index in [1.54, 1.807) is 18.2 Å². The lowest BCUT2D eigenvalue weighted by Gasteiger charge is -2.37. The van der Waals surface area contributed by atoms with E-state index in [1.807, 2.05) is 0 Å². The zero-order valence-electron chi connectivity index (χ0n) is 20.5. The normalized spacial score (nSPS) is 19.3. The highest BCUT2D eigenvalue weighted by atomic mass is 32.3. The molecule has 2 aliphatic rings. The number of thiophene rings is 1. The zero-order chi connectivity index (χ0) is 25.5. The highest BCUT2D eigenvalue weighted by Gasteiger charge is 2.30. The Hall–Kier alpha value is -2.24. The van der Waals surface area contributed by atoms with Crippen molar-refractivity contribution in [2.24, 2.45) is 0 Å². The maximum absolute atomic E-state index is 13.3. The minimum atomic E-state index is -3.86. The number of hydrogen-bond acceptors (Lipinski definition) is 7.